The first kappa shape index (κ1) is 18.0. The van der Waals surface area contributed by atoms with Gasteiger partial charge in [-0.2, -0.15) is 9.29 Å². The Balaban J connectivity index is 1.84. The number of carboxylic acids is 1. The van der Waals surface area contributed by atoms with Crippen LogP contribution in [0.15, 0.2) is 15.5 Å². The molecule has 0 amide bonds. The third kappa shape index (κ3) is 3.46. The van der Waals surface area contributed by atoms with Crippen LogP contribution in [0.2, 0.25) is 0 Å². The van der Waals surface area contributed by atoms with E-state index in [-0.39, 0.29) is 18.0 Å². The Bertz CT molecular complexity index is 879. The van der Waals surface area contributed by atoms with Crippen LogP contribution in [-0.2, 0) is 21.2 Å². The minimum Gasteiger partial charge on any atom is -0.481 e. The molecular weight excluding hydrogens is 366 g/mol. The molecule has 0 unspecified atom stereocenters. The first-order valence-electron chi connectivity index (χ1n) is 7.99. The number of rotatable bonds is 5. The van der Waals surface area contributed by atoms with Crippen LogP contribution in [0.3, 0.4) is 0 Å². The molecule has 1 saturated heterocycles. The minimum absolute atomic E-state index is 0.214. The van der Waals surface area contributed by atoms with Crippen LogP contribution < -0.4 is 0 Å². The monoisotopic (exact) mass is 385 g/mol. The Morgan fingerprint density at radius 3 is 2.68 bits per heavy atom. The first-order chi connectivity index (χ1) is 11.8. The van der Waals surface area contributed by atoms with Crippen molar-refractivity contribution in [1.29, 1.82) is 0 Å². The molecule has 1 N–H and O–H groups in total. The standard InChI is InChI=1S/C15H19N3O5S2/c1-3-13-16-14(17-23-13)11-8-12(9(2)24-11)25(21,22)18-6-4-10(5-7-18)15(19)20/h8,10H,3-7H2,1-2H3,(H,19,20). The zero-order valence-electron chi connectivity index (χ0n) is 13.9. The number of thiophene rings is 1. The zero-order valence-corrected chi connectivity index (χ0v) is 15.6. The summed E-state index contributed by atoms with van der Waals surface area (Å²) in [5, 5.41) is 12.9. The molecule has 3 heterocycles. The van der Waals surface area contributed by atoms with Gasteiger partial charge >= 0.3 is 5.97 Å². The van der Waals surface area contributed by atoms with Crippen molar-refractivity contribution in [2.24, 2.45) is 5.92 Å². The molecule has 0 saturated carbocycles. The molecular formula is C15H19N3O5S2. The van der Waals surface area contributed by atoms with Gasteiger partial charge in [-0.15, -0.1) is 11.3 Å². The molecule has 0 spiro atoms. The fourth-order valence-electron chi connectivity index (χ4n) is 2.81. The van der Waals surface area contributed by atoms with E-state index in [0.717, 1.165) is 0 Å². The van der Waals surface area contributed by atoms with Crippen molar-refractivity contribution in [2.75, 3.05) is 13.1 Å². The molecule has 1 aliphatic rings. The number of aromatic nitrogens is 2. The summed E-state index contributed by atoms with van der Waals surface area (Å²) < 4.78 is 32.3. The van der Waals surface area contributed by atoms with Crippen molar-refractivity contribution in [1.82, 2.24) is 14.4 Å². The second-order valence-corrected chi connectivity index (χ2v) is 9.08. The molecule has 3 rings (SSSR count). The van der Waals surface area contributed by atoms with Gasteiger partial charge in [0.2, 0.25) is 21.7 Å². The van der Waals surface area contributed by atoms with E-state index in [2.05, 4.69) is 10.1 Å². The number of nitrogens with zero attached hydrogens (tertiary/aromatic N) is 3. The minimum atomic E-state index is -3.66. The third-order valence-corrected chi connectivity index (χ3v) is 7.48. The van der Waals surface area contributed by atoms with Gasteiger partial charge in [-0.3, -0.25) is 4.79 Å². The molecule has 136 valence electrons. The van der Waals surface area contributed by atoms with Crippen LogP contribution >= 0.6 is 11.3 Å². The molecule has 1 aliphatic heterocycles. The molecule has 10 heteroatoms. The van der Waals surface area contributed by atoms with Gasteiger partial charge in [0, 0.05) is 24.4 Å². The van der Waals surface area contributed by atoms with E-state index in [9.17, 15) is 13.2 Å². The topological polar surface area (TPSA) is 114 Å². The SMILES string of the molecule is CCc1nc(-c2cc(S(=O)(=O)N3CCC(C(=O)O)CC3)c(C)s2)no1. The maximum absolute atomic E-state index is 12.9. The third-order valence-electron chi connectivity index (χ3n) is 4.28. The van der Waals surface area contributed by atoms with Crippen LogP contribution in [0.4, 0.5) is 0 Å². The molecule has 1 fully saturated rings. The van der Waals surface area contributed by atoms with Gasteiger partial charge in [0.15, 0.2) is 0 Å². The largest absolute Gasteiger partial charge is 0.481 e. The second kappa shape index (κ2) is 6.85. The lowest BCUT2D eigenvalue weighted by molar-refractivity contribution is -0.142. The Morgan fingerprint density at radius 2 is 2.12 bits per heavy atom. The van der Waals surface area contributed by atoms with E-state index < -0.39 is 21.9 Å². The summed E-state index contributed by atoms with van der Waals surface area (Å²) in [5.74, 6) is -0.454. The van der Waals surface area contributed by atoms with Gasteiger partial charge in [0.05, 0.1) is 15.7 Å². The highest BCUT2D eigenvalue weighted by atomic mass is 32.2. The Kier molecular flexibility index (Phi) is 4.94. The summed E-state index contributed by atoms with van der Waals surface area (Å²) in [7, 11) is -3.66. The van der Waals surface area contributed by atoms with Gasteiger partial charge in [0.1, 0.15) is 0 Å². The van der Waals surface area contributed by atoms with Crippen LogP contribution in [0.5, 0.6) is 0 Å². The van der Waals surface area contributed by atoms with Crippen molar-refractivity contribution >= 4 is 27.3 Å². The number of aliphatic carboxylic acids is 1. The molecule has 2 aromatic heterocycles. The zero-order chi connectivity index (χ0) is 18.2. The molecule has 0 radical (unpaired) electrons. The van der Waals surface area contributed by atoms with E-state index in [1.807, 2.05) is 6.92 Å². The van der Waals surface area contributed by atoms with Gasteiger partial charge < -0.3 is 9.63 Å². The summed E-state index contributed by atoms with van der Waals surface area (Å²) in [6.45, 7) is 4.07. The average molecular weight is 385 g/mol. The highest BCUT2D eigenvalue weighted by Gasteiger charge is 2.33. The molecule has 0 bridgehead atoms. The first-order valence-corrected chi connectivity index (χ1v) is 10.2. The van der Waals surface area contributed by atoms with E-state index in [1.165, 1.54) is 15.6 Å². The highest BCUT2D eigenvalue weighted by Crippen LogP contribution is 2.34. The molecule has 0 atom stereocenters. The smallest absolute Gasteiger partial charge is 0.306 e. The number of hydrogen-bond acceptors (Lipinski definition) is 7. The number of piperidine rings is 1. The summed E-state index contributed by atoms with van der Waals surface area (Å²) >= 11 is 1.30. The number of hydrogen-bond donors (Lipinski definition) is 1. The Morgan fingerprint density at radius 1 is 1.44 bits per heavy atom. The lowest BCUT2D eigenvalue weighted by Crippen LogP contribution is -2.40. The van der Waals surface area contributed by atoms with E-state index in [1.54, 1.807) is 13.0 Å². The normalized spacial score (nSPS) is 17.0. The quantitative estimate of drug-likeness (QED) is 0.839. The predicted molar refractivity (Wildman–Crippen MR) is 90.8 cm³/mol. The van der Waals surface area contributed by atoms with Crippen LogP contribution in [0.25, 0.3) is 10.7 Å². The van der Waals surface area contributed by atoms with Gasteiger partial charge in [-0.1, -0.05) is 12.1 Å². The van der Waals surface area contributed by atoms with Crippen molar-refractivity contribution in [2.45, 2.75) is 38.0 Å². The summed E-state index contributed by atoms with van der Waals surface area (Å²) in [6.07, 6.45) is 1.27. The van der Waals surface area contributed by atoms with Crippen molar-refractivity contribution in [3.63, 3.8) is 0 Å². The summed E-state index contributed by atoms with van der Waals surface area (Å²) in [6, 6.07) is 1.57. The highest BCUT2D eigenvalue weighted by molar-refractivity contribution is 7.89. The van der Waals surface area contributed by atoms with Crippen molar-refractivity contribution in [3.05, 3.63) is 16.8 Å². The van der Waals surface area contributed by atoms with Gasteiger partial charge in [-0.25, -0.2) is 8.42 Å². The Labute approximate surface area is 149 Å². The lowest BCUT2D eigenvalue weighted by atomic mass is 9.99. The fourth-order valence-corrected chi connectivity index (χ4v) is 5.77. The van der Waals surface area contributed by atoms with Gasteiger partial charge in [0.25, 0.3) is 0 Å². The van der Waals surface area contributed by atoms with Crippen LogP contribution in [0, 0.1) is 12.8 Å². The Hall–Kier alpha value is -1.78. The van der Waals surface area contributed by atoms with Crippen LogP contribution in [-0.4, -0.2) is 47.0 Å². The number of aryl methyl sites for hydroxylation is 2. The summed E-state index contributed by atoms with van der Waals surface area (Å²) in [5.41, 5.74) is 0. The maximum Gasteiger partial charge on any atom is 0.306 e. The molecule has 8 nitrogen and oxygen atoms in total. The van der Waals surface area contributed by atoms with Crippen molar-refractivity contribution < 1.29 is 22.8 Å². The molecule has 2 aromatic rings. The van der Waals surface area contributed by atoms with Gasteiger partial charge in [-0.05, 0) is 25.8 Å². The fraction of sp³-hybridized carbons (Fsp3) is 0.533. The van der Waals surface area contributed by atoms with E-state index in [0.29, 0.717) is 40.7 Å². The maximum atomic E-state index is 12.9. The number of sulfonamides is 1. The number of carboxylic acid groups (broad SMARTS) is 1. The predicted octanol–water partition coefficient (Wildman–Crippen LogP) is 2.15. The molecule has 0 aromatic carbocycles. The summed E-state index contributed by atoms with van der Waals surface area (Å²) in [4.78, 5) is 16.8. The second-order valence-electron chi connectivity index (χ2n) is 5.91. The van der Waals surface area contributed by atoms with E-state index >= 15 is 0 Å². The average Bonchev–Trinajstić information content (AvgIpc) is 3.21. The lowest BCUT2D eigenvalue weighted by Gasteiger charge is -2.29. The molecule has 0 aliphatic carbocycles. The van der Waals surface area contributed by atoms with E-state index in [4.69, 9.17) is 9.63 Å². The molecule has 25 heavy (non-hydrogen) atoms. The van der Waals surface area contributed by atoms with Crippen molar-refractivity contribution in [3.8, 4) is 10.7 Å². The number of carbonyl (C=O) groups is 1. The van der Waals surface area contributed by atoms with Crippen LogP contribution in [0.1, 0.15) is 30.5 Å².